The largest absolute Gasteiger partial charge is 0.399 e. The molecule has 0 saturated heterocycles. The molecule has 0 spiro atoms. The molecule has 22 rings (SSSR count). The molecule has 4 aliphatic carbocycles. The molecule has 114 heavy (non-hydrogen) atoms. The Hall–Kier alpha value is -16.1. The Kier molecular flexibility index (Phi) is 18.0. The summed E-state index contributed by atoms with van der Waals surface area (Å²) in [5.74, 6) is -0.919. The van der Waals surface area contributed by atoms with Gasteiger partial charge in [0.25, 0.3) is 11.8 Å². The maximum atomic E-state index is 12.3. The van der Waals surface area contributed by atoms with E-state index in [1.54, 1.807) is 43.8 Å². The van der Waals surface area contributed by atoms with E-state index in [-0.39, 0.29) is 5.60 Å². The van der Waals surface area contributed by atoms with Gasteiger partial charge in [-0.25, -0.2) is 54.8 Å². The number of oxime groups is 3. The zero-order valence-corrected chi connectivity index (χ0v) is 60.8. The molecule has 10 heterocycles. The number of hydrogen-bond donors (Lipinski definition) is 2. The van der Waals surface area contributed by atoms with Crippen LogP contribution in [0.4, 0.5) is 11.4 Å². The van der Waals surface area contributed by atoms with E-state index in [0.717, 1.165) is 117 Å². The highest BCUT2D eigenvalue weighted by molar-refractivity contribution is 6.25. The summed E-state index contributed by atoms with van der Waals surface area (Å²) in [6.07, 6.45) is 7.59. The summed E-state index contributed by atoms with van der Waals surface area (Å²) < 4.78 is 9.73. The highest BCUT2D eigenvalue weighted by atomic mass is 16.6. The quantitative estimate of drug-likeness (QED) is 0.110. The minimum Gasteiger partial charge on any atom is -0.399 e. The number of hydrogen-bond acceptors (Lipinski definition) is 27. The average molecular weight is 1500 g/mol. The predicted molar refractivity (Wildman–Crippen MR) is 422 cm³/mol. The van der Waals surface area contributed by atoms with E-state index in [2.05, 4.69) is 106 Å². The maximum absolute atomic E-state index is 12.3. The van der Waals surface area contributed by atoms with Crippen LogP contribution in [0.3, 0.4) is 0 Å². The number of fused-ring (bicyclic) bond motifs is 20. The summed E-state index contributed by atoms with van der Waals surface area (Å²) in [7, 11) is 3.07. The number of para-hydroxylation sites is 4. The van der Waals surface area contributed by atoms with Crippen LogP contribution in [0.1, 0.15) is 75.3 Å². The molecule has 0 atom stereocenters. The second kappa shape index (κ2) is 29.5. The van der Waals surface area contributed by atoms with Gasteiger partial charge in [-0.15, -0.1) is 20.5 Å². The van der Waals surface area contributed by atoms with Crippen molar-refractivity contribution < 1.29 is 33.3 Å². The fraction of sp³-hybridized carbons (Fsp3) is 0.0843. The van der Waals surface area contributed by atoms with Gasteiger partial charge in [-0.1, -0.05) is 166 Å². The van der Waals surface area contributed by atoms with Crippen molar-refractivity contribution in [1.82, 2.24) is 75.3 Å². The number of carbonyl (C=O) groups is 2. The van der Waals surface area contributed by atoms with Crippen molar-refractivity contribution >= 4 is 117 Å². The van der Waals surface area contributed by atoms with E-state index in [4.69, 9.17) is 38.6 Å². The second-order valence-electron chi connectivity index (χ2n) is 26.5. The molecule has 8 aromatic carbocycles. The van der Waals surface area contributed by atoms with Crippen molar-refractivity contribution in [2.75, 3.05) is 20.9 Å². The Balaban J connectivity index is 0.0000000996. The molecule has 31 nitrogen and oxygen atoms in total. The highest BCUT2D eigenvalue weighted by Gasteiger charge is 2.33. The fourth-order valence-corrected chi connectivity index (χ4v) is 13.3. The SMILES string of the molecule is CC(C)(C)O/N=C1/c2ccccc2-c2nc3nocc3nc21.CO/N=C1/c2ccccc2-c2nc3c(nc21)=NCN=3.CO/N=C1/c2ccccc2-c2nc3ccccc3nc21.O=C(N=Nc1c2[nH]c3ccccc3nc-2c2ccccc12)c1cccnc1.O=C(N=Nc1c2ccccc2c2nc3no[nH]c3nc12)c1cccnc1. The third-order valence-electron chi connectivity index (χ3n) is 18.3. The molecule has 2 amide bonds. The smallest absolute Gasteiger partial charge is 0.296 e. The number of H-pyrrole nitrogens is 2. The van der Waals surface area contributed by atoms with Gasteiger partial charge in [0.2, 0.25) is 16.9 Å². The van der Waals surface area contributed by atoms with Gasteiger partial charge in [-0.2, -0.15) is 5.16 Å². The lowest BCUT2D eigenvalue weighted by atomic mass is 10.1. The van der Waals surface area contributed by atoms with Gasteiger partial charge < -0.3 is 24.0 Å². The van der Waals surface area contributed by atoms with E-state index in [1.807, 2.05) is 191 Å². The molecule has 2 N–H and O–H groups in total. The van der Waals surface area contributed by atoms with E-state index in [0.29, 0.717) is 96.4 Å². The summed E-state index contributed by atoms with van der Waals surface area (Å²) in [5, 5.41) is 42.5. The number of amides is 2. The van der Waals surface area contributed by atoms with Crippen LogP contribution >= 0.6 is 0 Å². The van der Waals surface area contributed by atoms with Crippen LogP contribution in [0.15, 0.2) is 280 Å². The van der Waals surface area contributed by atoms with Gasteiger partial charge in [0.05, 0.1) is 50.3 Å². The van der Waals surface area contributed by atoms with Crippen LogP contribution in [-0.4, -0.2) is 131 Å². The molecular weight excluding hydrogens is 1450 g/mol. The van der Waals surface area contributed by atoms with Gasteiger partial charge in [-0.3, -0.25) is 24.2 Å². The Morgan fingerprint density at radius 2 is 0.912 bits per heavy atom. The molecule has 0 radical (unpaired) electrons. The van der Waals surface area contributed by atoms with Crippen molar-refractivity contribution in [3.63, 3.8) is 0 Å². The number of pyridine rings is 2. The summed E-state index contributed by atoms with van der Waals surface area (Å²) in [5.41, 5.74) is 23.5. The molecule has 16 aromatic rings. The van der Waals surface area contributed by atoms with Gasteiger partial charge in [0, 0.05) is 79.7 Å². The number of benzene rings is 7. The van der Waals surface area contributed by atoms with E-state index in [9.17, 15) is 9.59 Å². The topological polar surface area (TPSA) is 398 Å². The highest BCUT2D eigenvalue weighted by Crippen LogP contribution is 2.45. The van der Waals surface area contributed by atoms with Gasteiger partial charge >= 0.3 is 0 Å². The minimum absolute atomic E-state index is 0.359. The lowest BCUT2D eigenvalue weighted by molar-refractivity contribution is 0.00117. The summed E-state index contributed by atoms with van der Waals surface area (Å²) in [6, 6.07) is 61.6. The predicted octanol–water partition coefficient (Wildman–Crippen LogP) is 15.0. The zero-order valence-electron chi connectivity index (χ0n) is 60.8. The third-order valence-corrected chi connectivity index (χ3v) is 18.3. The van der Waals surface area contributed by atoms with E-state index in [1.165, 1.54) is 25.8 Å². The van der Waals surface area contributed by atoms with E-state index < -0.39 is 11.8 Å². The monoisotopic (exact) mass is 1500 g/mol. The van der Waals surface area contributed by atoms with Crippen LogP contribution in [0, 0.1) is 0 Å². The standard InChI is InChI=1S/C21H13N5O.C17H9N7O2.C16H14N4O2.C16H11N3O.C13H9N5O/c27-21(13-6-5-11-22-12-13)26-25-19-15-8-2-1-7-14(15)18-20(19)24-17-10-4-3-9-16(17)23-18;25-17(9-4-3-7-18-8-9)22-21-13-11-6-2-1-5-10(11)12-14(13)20-16-15(19-12)23-26-24-16;1-16(2,3)22-19-13-10-7-5-4-6-9(10)12-14(13)17-11-8-21-20-15(11)18-12;1-20-19-15-11-7-3-2-6-10(11)14-16(15)18-13-9-5-4-8-12(13)17-14;1-19-18-10-8-5-3-2-4-7(8)9-11(10)17-13-12(16-9)14-6-15-13/h1-12,24H;1-8H,(H,20,24);4-8H,1-3H3;2-9H,1H3;2-5H,6H2,1H3/b;;19-13-;19-15-;18-10-. The van der Waals surface area contributed by atoms with Crippen LogP contribution in [0.2, 0.25) is 0 Å². The number of aromatic nitrogens is 15. The summed E-state index contributed by atoms with van der Waals surface area (Å²) in [4.78, 5) is 101. The number of nitrogens with one attached hydrogen (secondary N) is 2. The van der Waals surface area contributed by atoms with Gasteiger partial charge in [0.15, 0.2) is 17.2 Å². The Morgan fingerprint density at radius 3 is 1.51 bits per heavy atom. The number of nitrogens with zero attached hydrogens (tertiary/aromatic N) is 22. The minimum atomic E-state index is -0.484. The zero-order chi connectivity index (χ0) is 77.4. The number of rotatable bonds is 7. The van der Waals surface area contributed by atoms with Crippen LogP contribution in [-0.2, 0) is 14.5 Å². The normalized spacial score (nSPS) is 13.6. The van der Waals surface area contributed by atoms with Crippen LogP contribution in [0.25, 0.3) is 122 Å². The Bertz CT molecular complexity index is 7150. The van der Waals surface area contributed by atoms with Crippen molar-refractivity contribution in [2.24, 2.45) is 45.9 Å². The molecule has 0 fully saturated rings. The summed E-state index contributed by atoms with van der Waals surface area (Å²) in [6.45, 7) is 6.26. The van der Waals surface area contributed by atoms with Crippen LogP contribution in [0.5, 0.6) is 0 Å². The van der Waals surface area contributed by atoms with Crippen molar-refractivity contribution in [1.29, 1.82) is 0 Å². The molecule has 0 bridgehead atoms. The molecule has 0 saturated carbocycles. The Morgan fingerprint density at radius 1 is 0.430 bits per heavy atom. The fourth-order valence-electron chi connectivity index (χ4n) is 13.3. The van der Waals surface area contributed by atoms with Crippen molar-refractivity contribution in [2.45, 2.75) is 26.4 Å². The molecule has 550 valence electrons. The molecule has 2 aliphatic heterocycles. The van der Waals surface area contributed by atoms with Crippen LogP contribution < -0.4 is 11.0 Å². The maximum Gasteiger partial charge on any atom is 0.296 e. The van der Waals surface area contributed by atoms with Gasteiger partial charge in [0.1, 0.15) is 100 Å². The first-order valence-corrected chi connectivity index (χ1v) is 35.4. The molecule has 6 aliphatic rings. The Labute approximate surface area is 642 Å². The first kappa shape index (κ1) is 69.6. The third kappa shape index (κ3) is 13.1. The number of azo groups is 2. The van der Waals surface area contributed by atoms with Crippen molar-refractivity contribution in [3.8, 4) is 45.2 Å². The number of carbonyl (C=O) groups excluding carboxylic acids is 2. The molecule has 0 unspecified atom stereocenters. The number of aromatic amines is 2. The van der Waals surface area contributed by atoms with Gasteiger partial charge in [-0.05, 0) is 74.5 Å². The first-order chi connectivity index (χ1) is 55.9. The lowest BCUT2D eigenvalue weighted by Gasteiger charge is -2.16. The lowest BCUT2D eigenvalue weighted by Crippen LogP contribution is -2.31. The molecule has 8 aromatic heterocycles. The van der Waals surface area contributed by atoms with Crippen molar-refractivity contribution in [3.05, 3.63) is 281 Å². The van der Waals surface area contributed by atoms with E-state index >= 15 is 0 Å². The molecular formula is C83H56N24O7. The second-order valence-corrected chi connectivity index (χ2v) is 26.5. The summed E-state index contributed by atoms with van der Waals surface area (Å²) >= 11 is 0. The molecule has 31 heteroatoms. The first-order valence-electron chi connectivity index (χ1n) is 35.4. The average Bonchev–Trinajstić information content (AvgIpc) is 1.62.